The van der Waals surface area contributed by atoms with Gasteiger partial charge in [0.1, 0.15) is 18.0 Å². The largest absolute Gasteiger partial charge is 0.508 e. The summed E-state index contributed by atoms with van der Waals surface area (Å²) < 4.78 is 66.1. The molecule has 4 atom stereocenters. The van der Waals surface area contributed by atoms with Crippen molar-refractivity contribution in [3.05, 3.63) is 64.8 Å². The molecule has 0 aromatic heterocycles. The van der Waals surface area contributed by atoms with Crippen molar-refractivity contribution in [2.75, 3.05) is 14.1 Å². The van der Waals surface area contributed by atoms with Gasteiger partial charge in [0, 0.05) is 37.2 Å². The fourth-order valence-electron chi connectivity index (χ4n) is 4.81. The Kier molecular flexibility index (Phi) is 4.45. The van der Waals surface area contributed by atoms with Crippen molar-refractivity contribution in [2.45, 2.75) is 38.3 Å². The van der Waals surface area contributed by atoms with Crippen LogP contribution in [0, 0.1) is 11.8 Å². The minimum absolute atomic E-state index is 0.0137. The molecule has 1 aliphatic heterocycles. The summed E-state index contributed by atoms with van der Waals surface area (Å²) in [5, 5.41) is 9.47. The number of aromatic hydroxyl groups is 1. The van der Waals surface area contributed by atoms with Crippen LogP contribution >= 0.6 is 0 Å². The molecule has 0 spiro atoms. The second-order valence-electron chi connectivity index (χ2n) is 8.24. The predicted octanol–water partition coefficient (Wildman–Crippen LogP) is 2.41. The average Bonchev–Trinajstić information content (AvgIpc) is 3.24. The van der Waals surface area contributed by atoms with E-state index < -0.39 is 62.1 Å². The number of benzene rings is 1. The lowest BCUT2D eigenvalue weighted by Gasteiger charge is -2.30. The van der Waals surface area contributed by atoms with Gasteiger partial charge in [-0.15, -0.1) is 0 Å². The summed E-state index contributed by atoms with van der Waals surface area (Å²) in [5.41, 5.74) is 1.03. The number of allylic oxidation sites excluding steroid dienone is 1. The molecule has 1 aromatic carbocycles. The first-order valence-corrected chi connectivity index (χ1v) is 10.2. The maximum Gasteiger partial charge on any atom is 0.334 e. The first kappa shape index (κ1) is 16.4. The van der Waals surface area contributed by atoms with Gasteiger partial charge >= 0.3 is 11.9 Å². The molecule has 2 aliphatic carbocycles. The van der Waals surface area contributed by atoms with Gasteiger partial charge in [0.05, 0.1) is 26.5 Å². The molecule has 8 heteroatoms. The minimum atomic E-state index is -3.09. The Morgan fingerprint density at radius 3 is 2.64 bits per heavy atom. The molecule has 1 heterocycles. The van der Waals surface area contributed by atoms with E-state index in [4.69, 9.17) is 27.2 Å². The number of phenols is 1. The van der Waals surface area contributed by atoms with E-state index >= 15 is 0 Å². The van der Waals surface area contributed by atoms with E-state index in [1.165, 1.54) is 12.1 Å². The molecule has 1 N–H and O–H groups in total. The molecule has 0 amide bonds. The van der Waals surface area contributed by atoms with E-state index in [1.807, 2.05) is 0 Å². The first-order chi connectivity index (χ1) is 18.0. The third kappa shape index (κ3) is 4.12. The van der Waals surface area contributed by atoms with Crippen LogP contribution in [0.4, 0.5) is 0 Å². The fraction of sp³-hybridized carbons (Fsp3) is 0.400. The van der Waals surface area contributed by atoms with Crippen LogP contribution in [-0.4, -0.2) is 55.4 Å². The van der Waals surface area contributed by atoms with Gasteiger partial charge in [0.2, 0.25) is 0 Å². The van der Waals surface area contributed by atoms with Crippen LogP contribution < -0.4 is 0 Å². The van der Waals surface area contributed by atoms with Crippen LogP contribution in [0.1, 0.15) is 27.1 Å². The highest BCUT2D eigenvalue weighted by Crippen LogP contribution is 2.49. The molecule has 0 unspecified atom stereocenters. The first-order valence-electron chi connectivity index (χ1n) is 13.2. The van der Waals surface area contributed by atoms with Crippen LogP contribution in [0.25, 0.3) is 0 Å². The molecule has 0 saturated carbocycles. The molecule has 8 nitrogen and oxygen atoms in total. The lowest BCUT2D eigenvalue weighted by Crippen LogP contribution is -2.38. The fourth-order valence-corrected chi connectivity index (χ4v) is 4.81. The Morgan fingerprint density at radius 2 is 1.97 bits per heavy atom. The third-order valence-electron chi connectivity index (χ3n) is 6.25. The van der Waals surface area contributed by atoms with E-state index in [0.29, 0.717) is 11.1 Å². The molecular formula is C25H26O8. The SMILES string of the molecule is [2H]C([2H])([2H])OC(OC([2H])([2H])[2H])C1=CC(=O)C2=C(C)C[C@H](OC(=O)Cc3ccc(O)cc3)[C@H]3C(=C)C(=O)O[C@@H]3[C@@H]12. The number of esters is 2. The Bertz CT molecular complexity index is 1240. The van der Waals surface area contributed by atoms with Gasteiger partial charge in [-0.2, -0.15) is 0 Å². The van der Waals surface area contributed by atoms with Crippen LogP contribution in [0.3, 0.4) is 0 Å². The van der Waals surface area contributed by atoms with E-state index in [9.17, 15) is 19.5 Å². The molecule has 174 valence electrons. The number of ketones is 1. The zero-order valence-corrected chi connectivity index (χ0v) is 17.7. The van der Waals surface area contributed by atoms with Crippen molar-refractivity contribution in [2.24, 2.45) is 11.8 Å². The third-order valence-corrected chi connectivity index (χ3v) is 6.25. The normalized spacial score (nSPS) is 30.1. The maximum atomic E-state index is 13.1. The number of phenolic OH excluding ortho intramolecular Hbond substituents is 1. The Hall–Kier alpha value is -3.23. The summed E-state index contributed by atoms with van der Waals surface area (Å²) in [7, 11) is -6.18. The second-order valence-corrected chi connectivity index (χ2v) is 8.24. The molecule has 3 aliphatic rings. The molecular weight excluding hydrogens is 428 g/mol. The predicted molar refractivity (Wildman–Crippen MR) is 116 cm³/mol. The summed E-state index contributed by atoms with van der Waals surface area (Å²) in [5.74, 6) is -4.04. The summed E-state index contributed by atoms with van der Waals surface area (Å²) >= 11 is 0. The average molecular weight is 461 g/mol. The van der Waals surface area contributed by atoms with Crippen LogP contribution in [0.15, 0.2) is 59.2 Å². The van der Waals surface area contributed by atoms with Crippen LogP contribution in [0.2, 0.25) is 0 Å². The molecule has 0 bridgehead atoms. The van der Waals surface area contributed by atoms with Crippen molar-refractivity contribution in [1.82, 2.24) is 0 Å². The minimum Gasteiger partial charge on any atom is -0.508 e. The number of methoxy groups -OCH3 is 2. The number of fused-ring (bicyclic) bond motifs is 3. The highest BCUT2D eigenvalue weighted by atomic mass is 16.7. The van der Waals surface area contributed by atoms with Crippen molar-refractivity contribution in [3.63, 3.8) is 0 Å². The second kappa shape index (κ2) is 8.96. The maximum absolute atomic E-state index is 13.1. The highest BCUT2D eigenvalue weighted by Gasteiger charge is 2.55. The summed E-state index contributed by atoms with van der Waals surface area (Å²) in [6.07, 6.45) is -3.22. The summed E-state index contributed by atoms with van der Waals surface area (Å²) in [4.78, 5) is 38.7. The molecule has 0 radical (unpaired) electrons. The number of rotatable bonds is 6. The standard InChI is InChI=1S/C25H26O8/c1-12-9-18(32-19(28)10-14-5-7-15(26)8-6-14)21-13(2)24(29)33-23(21)22-16(25(30-3)31-4)11-17(27)20(12)22/h5-8,11,18,21-23,25-26H,2,9-10H2,1,3-4H3/t18-,21+,22-,23-/m0/s1/i3D3,4D3. The monoisotopic (exact) mass is 460 g/mol. The van der Waals surface area contributed by atoms with E-state index in [1.54, 1.807) is 19.1 Å². The van der Waals surface area contributed by atoms with E-state index in [0.717, 1.165) is 6.08 Å². The highest BCUT2D eigenvalue weighted by molar-refractivity contribution is 6.09. The van der Waals surface area contributed by atoms with Crippen molar-refractivity contribution in [3.8, 4) is 5.75 Å². The van der Waals surface area contributed by atoms with Gasteiger partial charge in [-0.25, -0.2) is 4.79 Å². The smallest absolute Gasteiger partial charge is 0.334 e. The zero-order valence-electron chi connectivity index (χ0n) is 23.7. The van der Waals surface area contributed by atoms with Crippen molar-refractivity contribution < 1.29 is 46.7 Å². The van der Waals surface area contributed by atoms with Gasteiger partial charge in [-0.1, -0.05) is 24.3 Å². The number of hydrogen-bond acceptors (Lipinski definition) is 8. The topological polar surface area (TPSA) is 108 Å². The van der Waals surface area contributed by atoms with Gasteiger partial charge in [-0.3, -0.25) is 9.59 Å². The van der Waals surface area contributed by atoms with E-state index in [-0.39, 0.29) is 35.3 Å². The molecule has 1 saturated heterocycles. The van der Waals surface area contributed by atoms with Crippen LogP contribution in [0.5, 0.6) is 5.75 Å². The zero-order chi connectivity index (χ0) is 28.9. The van der Waals surface area contributed by atoms with E-state index in [2.05, 4.69) is 6.58 Å². The number of ether oxygens (including phenoxy) is 4. The van der Waals surface area contributed by atoms with Crippen LogP contribution in [-0.2, 0) is 39.8 Å². The molecule has 1 fully saturated rings. The van der Waals surface area contributed by atoms with Crippen molar-refractivity contribution in [1.29, 1.82) is 0 Å². The Balaban J connectivity index is 1.69. The number of hydrogen-bond donors (Lipinski definition) is 1. The number of carbonyl (C=O) groups is 3. The molecule has 1 aromatic rings. The molecule has 4 rings (SSSR count). The molecule has 33 heavy (non-hydrogen) atoms. The Morgan fingerprint density at radius 1 is 1.27 bits per heavy atom. The van der Waals surface area contributed by atoms with Crippen molar-refractivity contribution >= 4 is 17.7 Å². The quantitative estimate of drug-likeness (QED) is 0.392. The van der Waals surface area contributed by atoms with Gasteiger partial charge in [0.25, 0.3) is 0 Å². The summed E-state index contributed by atoms with van der Waals surface area (Å²) in [6, 6.07) is 5.95. The van der Waals surface area contributed by atoms with Gasteiger partial charge in [0.15, 0.2) is 12.1 Å². The van der Waals surface area contributed by atoms with Gasteiger partial charge in [-0.05, 0) is 30.7 Å². The number of carbonyl (C=O) groups excluding carboxylic acids is 3. The Labute approximate surface area is 199 Å². The lowest BCUT2D eigenvalue weighted by molar-refractivity contribution is -0.152. The summed E-state index contributed by atoms with van der Waals surface area (Å²) in [6.45, 7) is 5.42. The lowest BCUT2D eigenvalue weighted by atomic mass is 9.81. The van der Waals surface area contributed by atoms with Gasteiger partial charge < -0.3 is 24.1 Å².